The van der Waals surface area contributed by atoms with Crippen molar-refractivity contribution in [3.05, 3.63) is 35.9 Å². The maximum atomic E-state index is 13.4. The summed E-state index contributed by atoms with van der Waals surface area (Å²) in [6.07, 6.45) is 1.34. The van der Waals surface area contributed by atoms with Gasteiger partial charge in [0, 0.05) is 39.6 Å². The molecule has 2 saturated heterocycles. The van der Waals surface area contributed by atoms with Crippen molar-refractivity contribution in [2.75, 3.05) is 40.3 Å². The minimum Gasteiger partial charge on any atom is -0.366 e. The van der Waals surface area contributed by atoms with Crippen molar-refractivity contribution in [2.45, 2.75) is 45.8 Å². The first kappa shape index (κ1) is 21.6. The van der Waals surface area contributed by atoms with Gasteiger partial charge < -0.3 is 19.4 Å². The van der Waals surface area contributed by atoms with Crippen molar-refractivity contribution in [3.8, 4) is 0 Å². The molecule has 0 unspecified atom stereocenters. The molecule has 2 fully saturated rings. The van der Waals surface area contributed by atoms with Gasteiger partial charge in [-0.2, -0.15) is 0 Å². The number of hydrogen-bond donors (Lipinski definition) is 0. The lowest BCUT2D eigenvalue weighted by Gasteiger charge is -2.45. The van der Waals surface area contributed by atoms with Crippen molar-refractivity contribution >= 4 is 11.9 Å². The lowest BCUT2D eigenvalue weighted by molar-refractivity contribution is -0.161. The van der Waals surface area contributed by atoms with Gasteiger partial charge in [-0.25, -0.2) is 4.79 Å². The van der Waals surface area contributed by atoms with E-state index in [0.717, 1.165) is 18.4 Å². The molecule has 1 aromatic rings. The van der Waals surface area contributed by atoms with Crippen molar-refractivity contribution in [1.29, 1.82) is 0 Å². The van der Waals surface area contributed by atoms with Gasteiger partial charge in [0.25, 0.3) is 0 Å². The molecule has 2 heterocycles. The van der Waals surface area contributed by atoms with Crippen LogP contribution in [0.1, 0.15) is 45.3 Å². The van der Waals surface area contributed by atoms with Crippen molar-refractivity contribution in [1.82, 2.24) is 14.7 Å². The summed E-state index contributed by atoms with van der Waals surface area (Å²) in [6.45, 7) is 9.00. The van der Waals surface area contributed by atoms with Gasteiger partial charge in [-0.15, -0.1) is 0 Å². The SMILES string of the molecule is CN(C)C(=O)N1CCC(C(=O)N2C[C@@H](c3ccccc3)O[C@@H](C(C)(C)C)C2)CC1. The molecule has 0 N–H and O–H groups in total. The van der Waals surface area contributed by atoms with Crippen LogP contribution in [0.15, 0.2) is 30.3 Å². The number of urea groups is 1. The Bertz CT molecular complexity index is 706. The minimum absolute atomic E-state index is 0.0131. The molecule has 0 aromatic heterocycles. The third-order valence-corrected chi connectivity index (χ3v) is 6.05. The molecule has 0 aliphatic carbocycles. The van der Waals surface area contributed by atoms with Gasteiger partial charge in [0.2, 0.25) is 5.91 Å². The molecular formula is C23H35N3O3. The summed E-state index contributed by atoms with van der Waals surface area (Å²) in [7, 11) is 3.54. The summed E-state index contributed by atoms with van der Waals surface area (Å²) in [4.78, 5) is 31.0. The first-order chi connectivity index (χ1) is 13.7. The van der Waals surface area contributed by atoms with Crippen LogP contribution in [-0.2, 0) is 9.53 Å². The summed E-state index contributed by atoms with van der Waals surface area (Å²) in [5, 5.41) is 0. The molecule has 3 rings (SSSR count). The Labute approximate surface area is 174 Å². The van der Waals surface area contributed by atoms with Crippen LogP contribution in [0.25, 0.3) is 0 Å². The summed E-state index contributed by atoms with van der Waals surface area (Å²) < 4.78 is 6.43. The largest absolute Gasteiger partial charge is 0.366 e. The van der Waals surface area contributed by atoms with E-state index < -0.39 is 0 Å². The fraction of sp³-hybridized carbons (Fsp3) is 0.652. The Kier molecular flexibility index (Phi) is 6.52. The standard InChI is InChI=1S/C23H35N3O3/c1-23(2,3)20-16-26(15-19(29-20)17-9-7-6-8-10-17)21(27)18-11-13-25(14-12-18)22(28)24(4)5/h6-10,18-20H,11-16H2,1-5H3/t19-,20+/m0/s1. The van der Waals surface area contributed by atoms with Gasteiger partial charge >= 0.3 is 6.03 Å². The van der Waals surface area contributed by atoms with Crippen LogP contribution >= 0.6 is 0 Å². The zero-order valence-electron chi connectivity index (χ0n) is 18.4. The number of rotatable bonds is 2. The average Bonchev–Trinajstić information content (AvgIpc) is 2.72. The fourth-order valence-electron chi connectivity index (χ4n) is 4.13. The highest BCUT2D eigenvalue weighted by molar-refractivity contribution is 5.80. The second-order valence-corrected chi connectivity index (χ2v) is 9.57. The van der Waals surface area contributed by atoms with E-state index in [4.69, 9.17) is 4.74 Å². The molecule has 1 aromatic carbocycles. The van der Waals surface area contributed by atoms with Crippen LogP contribution in [0.4, 0.5) is 4.79 Å². The molecule has 0 bridgehead atoms. The van der Waals surface area contributed by atoms with Crippen molar-refractivity contribution in [3.63, 3.8) is 0 Å². The summed E-state index contributed by atoms with van der Waals surface area (Å²) in [5.41, 5.74) is 1.07. The fourth-order valence-corrected chi connectivity index (χ4v) is 4.13. The lowest BCUT2D eigenvalue weighted by atomic mass is 9.86. The smallest absolute Gasteiger partial charge is 0.319 e. The topological polar surface area (TPSA) is 53.1 Å². The average molecular weight is 402 g/mol. The lowest BCUT2D eigenvalue weighted by Crippen LogP contribution is -2.54. The Morgan fingerprint density at radius 1 is 1.00 bits per heavy atom. The number of nitrogens with zero attached hydrogens (tertiary/aromatic N) is 3. The molecule has 2 atom stereocenters. The van der Waals surface area contributed by atoms with E-state index in [1.54, 1.807) is 19.0 Å². The zero-order valence-corrected chi connectivity index (χ0v) is 18.4. The summed E-state index contributed by atoms with van der Waals surface area (Å²) in [5.74, 6) is 0.191. The van der Waals surface area contributed by atoms with E-state index >= 15 is 0 Å². The van der Waals surface area contributed by atoms with Crippen molar-refractivity contribution < 1.29 is 14.3 Å². The second kappa shape index (κ2) is 8.74. The third kappa shape index (κ3) is 5.10. The van der Waals surface area contributed by atoms with Crippen LogP contribution in [0.2, 0.25) is 0 Å². The van der Waals surface area contributed by atoms with Gasteiger partial charge in [-0.05, 0) is 23.8 Å². The van der Waals surface area contributed by atoms with E-state index in [0.29, 0.717) is 26.2 Å². The predicted octanol–water partition coefficient (Wildman–Crippen LogP) is 3.39. The molecule has 0 saturated carbocycles. The Morgan fingerprint density at radius 2 is 1.62 bits per heavy atom. The Balaban J connectivity index is 1.69. The summed E-state index contributed by atoms with van der Waals surface area (Å²) >= 11 is 0. The monoisotopic (exact) mass is 401 g/mol. The van der Waals surface area contributed by atoms with Crippen LogP contribution in [0, 0.1) is 11.3 Å². The second-order valence-electron chi connectivity index (χ2n) is 9.57. The molecule has 3 amide bonds. The van der Waals surface area contributed by atoms with E-state index in [-0.39, 0.29) is 35.5 Å². The number of piperidine rings is 1. The predicted molar refractivity (Wildman–Crippen MR) is 113 cm³/mol. The minimum atomic E-state index is -0.103. The van der Waals surface area contributed by atoms with Crippen LogP contribution in [0.3, 0.4) is 0 Å². The van der Waals surface area contributed by atoms with Gasteiger partial charge in [-0.1, -0.05) is 51.1 Å². The molecule has 0 spiro atoms. The van der Waals surface area contributed by atoms with Gasteiger partial charge in [0.1, 0.15) is 6.10 Å². The van der Waals surface area contributed by atoms with E-state index in [1.807, 2.05) is 28.0 Å². The Morgan fingerprint density at radius 3 is 2.17 bits per heavy atom. The highest BCUT2D eigenvalue weighted by Crippen LogP contribution is 2.34. The highest BCUT2D eigenvalue weighted by Gasteiger charge is 2.39. The molecule has 2 aliphatic rings. The van der Waals surface area contributed by atoms with Crippen LogP contribution < -0.4 is 0 Å². The number of carbonyl (C=O) groups excluding carboxylic acids is 2. The van der Waals surface area contributed by atoms with Gasteiger partial charge in [0.05, 0.1) is 12.6 Å². The number of ether oxygens (including phenoxy) is 1. The first-order valence-electron chi connectivity index (χ1n) is 10.6. The van der Waals surface area contributed by atoms with Crippen LogP contribution in [-0.4, -0.2) is 73.0 Å². The van der Waals surface area contributed by atoms with E-state index in [1.165, 1.54) is 0 Å². The molecule has 6 heteroatoms. The third-order valence-electron chi connectivity index (χ3n) is 6.05. The quantitative estimate of drug-likeness (QED) is 0.763. The molecular weight excluding hydrogens is 366 g/mol. The van der Waals surface area contributed by atoms with Gasteiger partial charge in [-0.3, -0.25) is 4.79 Å². The van der Waals surface area contributed by atoms with Crippen LogP contribution in [0.5, 0.6) is 0 Å². The highest BCUT2D eigenvalue weighted by atomic mass is 16.5. The summed E-state index contributed by atoms with van der Waals surface area (Å²) in [6, 6.07) is 10.2. The maximum Gasteiger partial charge on any atom is 0.319 e. The van der Waals surface area contributed by atoms with E-state index in [2.05, 4.69) is 32.9 Å². The van der Waals surface area contributed by atoms with E-state index in [9.17, 15) is 9.59 Å². The molecule has 160 valence electrons. The number of carbonyl (C=O) groups is 2. The zero-order chi connectivity index (χ0) is 21.2. The molecule has 0 radical (unpaired) electrons. The molecule has 6 nitrogen and oxygen atoms in total. The number of benzene rings is 1. The first-order valence-corrected chi connectivity index (χ1v) is 10.6. The number of hydrogen-bond acceptors (Lipinski definition) is 3. The number of morpholine rings is 1. The maximum absolute atomic E-state index is 13.4. The molecule has 29 heavy (non-hydrogen) atoms. The molecule has 2 aliphatic heterocycles. The number of likely N-dealkylation sites (tertiary alicyclic amines) is 1. The van der Waals surface area contributed by atoms with Crippen molar-refractivity contribution in [2.24, 2.45) is 11.3 Å². The Hall–Kier alpha value is -2.08. The number of amides is 3. The van der Waals surface area contributed by atoms with Gasteiger partial charge in [0.15, 0.2) is 0 Å². The normalized spacial score (nSPS) is 23.8.